The van der Waals surface area contributed by atoms with Crippen LogP contribution in [0.4, 0.5) is 34.1 Å². The third kappa shape index (κ3) is 5.65. The summed E-state index contributed by atoms with van der Waals surface area (Å²) in [6, 6.07) is 62.7. The predicted molar refractivity (Wildman–Crippen MR) is 294 cm³/mol. The van der Waals surface area contributed by atoms with Gasteiger partial charge >= 0.3 is 0 Å². The van der Waals surface area contributed by atoms with Gasteiger partial charge in [0.15, 0.2) is 0 Å². The Kier molecular flexibility index (Phi) is 8.75. The van der Waals surface area contributed by atoms with Crippen molar-refractivity contribution in [3.05, 3.63) is 192 Å². The molecule has 13 rings (SSSR count). The van der Waals surface area contributed by atoms with Crippen LogP contribution in [0.25, 0.3) is 66.1 Å². The van der Waals surface area contributed by atoms with Crippen LogP contribution in [0.5, 0.6) is 0 Å². The minimum atomic E-state index is -2.48. The van der Waals surface area contributed by atoms with Gasteiger partial charge in [0.2, 0.25) is 0 Å². The maximum Gasteiger partial charge on any atom is 0.145 e. The quantitative estimate of drug-likeness (QED) is 0.156. The zero-order chi connectivity index (χ0) is 46.4. The molecule has 330 valence electrons. The fraction of sp³-hybridized carbons (Fsp3) is 0.129. The molecule has 0 saturated heterocycles. The first-order chi connectivity index (χ1) is 32.9. The molecule has 9 aromatic carbocycles. The third-order valence-corrected chi connectivity index (χ3v) is 22.6. The van der Waals surface area contributed by atoms with Crippen molar-refractivity contribution in [2.75, 3.05) is 9.80 Å². The molecular formula is C62H52N2O2Si2. The van der Waals surface area contributed by atoms with Crippen molar-refractivity contribution < 1.29 is 8.83 Å². The molecule has 2 aliphatic heterocycles. The van der Waals surface area contributed by atoms with Gasteiger partial charge in [-0.25, -0.2) is 0 Å². The van der Waals surface area contributed by atoms with Gasteiger partial charge in [-0.15, -0.1) is 0 Å². The fourth-order valence-corrected chi connectivity index (χ4v) is 20.7. The Labute approximate surface area is 399 Å². The Morgan fingerprint density at radius 3 is 1.16 bits per heavy atom. The van der Waals surface area contributed by atoms with Gasteiger partial charge in [0.05, 0.1) is 22.1 Å². The van der Waals surface area contributed by atoms with Gasteiger partial charge < -0.3 is 18.6 Å². The monoisotopic (exact) mass is 912 g/mol. The lowest BCUT2D eigenvalue weighted by Crippen LogP contribution is -2.63. The van der Waals surface area contributed by atoms with Crippen molar-refractivity contribution in [3.8, 4) is 22.3 Å². The van der Waals surface area contributed by atoms with Gasteiger partial charge in [-0.1, -0.05) is 147 Å². The number of nitrogens with zero attached hydrogens (tertiary/aromatic N) is 2. The Balaban J connectivity index is 1.10. The van der Waals surface area contributed by atoms with Crippen LogP contribution in [0.15, 0.2) is 179 Å². The van der Waals surface area contributed by atoms with Crippen LogP contribution in [0.1, 0.15) is 22.3 Å². The first-order valence-corrected chi connectivity index (χ1v) is 29.9. The highest BCUT2D eigenvalue weighted by molar-refractivity contribution is 7.13. The van der Waals surface area contributed by atoms with Crippen LogP contribution in [0.3, 0.4) is 0 Å². The number of rotatable bonds is 6. The summed E-state index contributed by atoms with van der Waals surface area (Å²) in [6.07, 6.45) is 0. The Morgan fingerprint density at radius 1 is 0.382 bits per heavy atom. The minimum Gasteiger partial charge on any atom is -0.455 e. The Hall–Kier alpha value is -7.39. The van der Waals surface area contributed by atoms with Gasteiger partial charge in [0.1, 0.15) is 38.5 Å². The average Bonchev–Trinajstić information content (AvgIpc) is 4.04. The zero-order valence-electron chi connectivity index (χ0n) is 39.9. The molecule has 0 spiro atoms. The molecule has 6 heteroatoms. The van der Waals surface area contributed by atoms with Crippen LogP contribution >= 0.6 is 0 Å². The molecule has 2 aromatic heterocycles. The molecule has 0 radical (unpaired) electrons. The number of benzene rings is 9. The number of hydrogen-bond acceptors (Lipinski definition) is 4. The lowest BCUT2D eigenvalue weighted by molar-refractivity contribution is 0.670. The number of furan rings is 2. The molecular weight excluding hydrogens is 861 g/mol. The van der Waals surface area contributed by atoms with E-state index in [2.05, 4.69) is 234 Å². The predicted octanol–water partition coefficient (Wildman–Crippen LogP) is 15.3. The molecule has 2 aliphatic rings. The highest BCUT2D eigenvalue weighted by Crippen LogP contribution is 2.51. The Morgan fingerprint density at radius 2 is 0.765 bits per heavy atom. The fourth-order valence-electron chi connectivity index (χ4n) is 12.3. The van der Waals surface area contributed by atoms with E-state index in [4.69, 9.17) is 8.83 Å². The maximum atomic E-state index is 7.21. The molecule has 4 nitrogen and oxygen atoms in total. The van der Waals surface area contributed by atoms with E-state index in [1.54, 1.807) is 10.4 Å². The van der Waals surface area contributed by atoms with Crippen molar-refractivity contribution in [2.24, 2.45) is 0 Å². The van der Waals surface area contributed by atoms with Crippen LogP contribution in [-0.2, 0) is 0 Å². The lowest BCUT2D eigenvalue weighted by atomic mass is 9.96. The van der Waals surface area contributed by atoms with E-state index in [1.165, 1.54) is 66.3 Å². The number of hydrogen-bond donors (Lipinski definition) is 0. The van der Waals surface area contributed by atoms with Crippen LogP contribution in [0.2, 0.25) is 26.2 Å². The van der Waals surface area contributed by atoms with Gasteiger partial charge in [-0.2, -0.15) is 0 Å². The summed E-state index contributed by atoms with van der Waals surface area (Å²) in [5.74, 6) is 0. The van der Waals surface area contributed by atoms with Gasteiger partial charge in [-0.3, -0.25) is 0 Å². The summed E-state index contributed by atoms with van der Waals surface area (Å²) in [5.41, 5.74) is 20.9. The number of anilines is 6. The van der Waals surface area contributed by atoms with Crippen molar-refractivity contribution in [3.63, 3.8) is 0 Å². The van der Waals surface area contributed by atoms with E-state index in [1.807, 2.05) is 0 Å². The second-order valence-corrected chi connectivity index (χ2v) is 28.9. The van der Waals surface area contributed by atoms with Crippen LogP contribution in [-0.4, -0.2) is 16.1 Å². The maximum absolute atomic E-state index is 7.21. The first-order valence-electron chi connectivity index (χ1n) is 23.9. The molecule has 0 fully saturated rings. The molecule has 0 aliphatic carbocycles. The second-order valence-electron chi connectivity index (χ2n) is 20.3. The van der Waals surface area contributed by atoms with E-state index in [0.717, 1.165) is 66.6 Å². The molecule has 0 N–H and O–H groups in total. The topological polar surface area (TPSA) is 32.8 Å². The number of aryl methyl sites for hydroxylation is 4. The summed E-state index contributed by atoms with van der Waals surface area (Å²) in [4.78, 5) is 4.97. The molecule has 68 heavy (non-hydrogen) atoms. The minimum absolute atomic E-state index is 0.911. The smallest absolute Gasteiger partial charge is 0.145 e. The third-order valence-electron chi connectivity index (χ3n) is 15.3. The summed E-state index contributed by atoms with van der Waals surface area (Å²) in [5, 5.41) is 10.5. The second kappa shape index (κ2) is 14.6. The molecule has 0 atom stereocenters. The van der Waals surface area contributed by atoms with Crippen LogP contribution in [0, 0.1) is 27.7 Å². The number of fused-ring (bicyclic) bond motifs is 15. The summed E-state index contributed by atoms with van der Waals surface area (Å²) >= 11 is 0. The van der Waals surface area contributed by atoms with E-state index in [-0.39, 0.29) is 0 Å². The van der Waals surface area contributed by atoms with E-state index in [0.29, 0.717) is 0 Å². The normalized spacial score (nSPS) is 14.1. The SMILES string of the molecule is Cc1ccc(N(c2ccccc2)c2cc3c(c4oc5ccccc5c24)-c2ccc4c(c2[Si]3(C)C)[Si](C)(C)c2cc(N(c3ccccc3)c3ccc(C)cc3C)c3c(oc5ccccc53)c2-4)c(C)c1. The number of para-hydroxylation sites is 4. The van der Waals surface area contributed by atoms with Gasteiger partial charge in [0.25, 0.3) is 0 Å². The van der Waals surface area contributed by atoms with E-state index in [9.17, 15) is 0 Å². The largest absolute Gasteiger partial charge is 0.455 e. The van der Waals surface area contributed by atoms with Crippen molar-refractivity contribution >= 4 is 115 Å². The standard InChI is InChI=1S/C62H52N2O2Si2/c1-37-27-31-47(39(3)33-37)63(41-19-11-9-12-20-41)49-35-53-57(59-55(49)43-23-15-17-25-51(43)65-59)45-29-30-46-58-54(68(7,8)62(46)61(45)67(53,5)6)36-50(56-44-24-16-18-26-52(44)66-60(56)58)64(42-21-13-10-14-22-42)48-32-28-38(2)34-40(48)4/h9-36H,1-8H3. The first kappa shape index (κ1) is 40.9. The van der Waals surface area contributed by atoms with Gasteiger partial charge in [-0.05, 0) is 131 Å². The molecule has 0 unspecified atom stereocenters. The zero-order valence-corrected chi connectivity index (χ0v) is 41.9. The molecule has 0 amide bonds. The highest BCUT2D eigenvalue weighted by Gasteiger charge is 2.50. The summed E-state index contributed by atoms with van der Waals surface area (Å²) in [7, 11) is -4.96. The average molecular weight is 913 g/mol. The molecule has 0 saturated carbocycles. The molecule has 11 aromatic rings. The lowest BCUT2D eigenvalue weighted by Gasteiger charge is -2.31. The van der Waals surface area contributed by atoms with Crippen molar-refractivity contribution in [1.29, 1.82) is 0 Å². The van der Waals surface area contributed by atoms with E-state index >= 15 is 0 Å². The molecule has 0 bridgehead atoms. The van der Waals surface area contributed by atoms with Crippen molar-refractivity contribution in [1.82, 2.24) is 0 Å². The van der Waals surface area contributed by atoms with E-state index < -0.39 is 16.1 Å². The van der Waals surface area contributed by atoms with Crippen molar-refractivity contribution in [2.45, 2.75) is 53.9 Å². The summed E-state index contributed by atoms with van der Waals surface area (Å²) < 4.78 is 14.4. The highest BCUT2D eigenvalue weighted by atomic mass is 28.3. The summed E-state index contributed by atoms with van der Waals surface area (Å²) in [6.45, 7) is 19.2. The Bertz CT molecular complexity index is 3660. The van der Waals surface area contributed by atoms with Gasteiger partial charge in [0, 0.05) is 44.6 Å². The molecule has 4 heterocycles. The van der Waals surface area contributed by atoms with Crippen LogP contribution < -0.4 is 30.5 Å².